The third kappa shape index (κ3) is 3.36. The van der Waals surface area contributed by atoms with E-state index in [4.69, 9.17) is 4.74 Å². The molecule has 0 bridgehead atoms. The Labute approximate surface area is 121 Å². The fourth-order valence-corrected chi connectivity index (χ4v) is 1.79. The minimum absolute atomic E-state index is 0.0517. The second-order valence-corrected chi connectivity index (χ2v) is 4.44. The van der Waals surface area contributed by atoms with Gasteiger partial charge in [0.05, 0.1) is 12.0 Å². The lowest BCUT2D eigenvalue weighted by Gasteiger charge is -2.10. The van der Waals surface area contributed by atoms with Crippen molar-refractivity contribution < 1.29 is 14.5 Å². The van der Waals surface area contributed by atoms with Gasteiger partial charge in [-0.15, -0.1) is 0 Å². The van der Waals surface area contributed by atoms with Gasteiger partial charge in [0.15, 0.2) is 0 Å². The first-order valence-corrected chi connectivity index (χ1v) is 6.21. The van der Waals surface area contributed by atoms with Gasteiger partial charge in [0.25, 0.3) is 11.6 Å². The molecule has 0 saturated heterocycles. The predicted molar refractivity (Wildman–Crippen MR) is 78.8 cm³/mol. The lowest BCUT2D eigenvalue weighted by atomic mass is 10.1. The van der Waals surface area contributed by atoms with Gasteiger partial charge in [0.2, 0.25) is 0 Å². The maximum atomic E-state index is 12.1. The van der Waals surface area contributed by atoms with Gasteiger partial charge in [0.1, 0.15) is 5.75 Å². The summed E-state index contributed by atoms with van der Waals surface area (Å²) in [5, 5.41) is 13.3. The minimum atomic E-state index is -0.506. The van der Waals surface area contributed by atoms with E-state index in [-0.39, 0.29) is 11.6 Å². The monoisotopic (exact) mass is 286 g/mol. The molecule has 0 heterocycles. The molecule has 2 aromatic rings. The molecule has 0 aliphatic heterocycles. The van der Waals surface area contributed by atoms with Crippen LogP contribution in [0.15, 0.2) is 42.5 Å². The van der Waals surface area contributed by atoms with Crippen LogP contribution in [0.2, 0.25) is 0 Å². The van der Waals surface area contributed by atoms with Gasteiger partial charge < -0.3 is 10.1 Å². The Bertz CT molecular complexity index is 681. The molecule has 6 heteroatoms. The highest BCUT2D eigenvalue weighted by atomic mass is 16.6. The Hall–Kier alpha value is -2.89. The largest absolute Gasteiger partial charge is 0.497 e. The number of nitrogens with zero attached hydrogens (tertiary/aromatic N) is 1. The smallest absolute Gasteiger partial charge is 0.269 e. The molecular weight excluding hydrogens is 272 g/mol. The first-order chi connectivity index (χ1) is 10.0. The number of hydrogen-bond donors (Lipinski definition) is 1. The van der Waals surface area contributed by atoms with E-state index < -0.39 is 4.92 Å². The van der Waals surface area contributed by atoms with E-state index in [1.807, 2.05) is 13.0 Å². The van der Waals surface area contributed by atoms with E-state index in [1.54, 1.807) is 19.2 Å². The minimum Gasteiger partial charge on any atom is -0.497 e. The molecule has 0 aliphatic carbocycles. The Morgan fingerprint density at radius 1 is 1.19 bits per heavy atom. The number of amides is 1. The zero-order valence-electron chi connectivity index (χ0n) is 11.6. The van der Waals surface area contributed by atoms with Gasteiger partial charge in [-0.1, -0.05) is 6.07 Å². The molecule has 0 spiro atoms. The van der Waals surface area contributed by atoms with Crippen LogP contribution < -0.4 is 10.1 Å². The van der Waals surface area contributed by atoms with Crippen LogP contribution in [0.5, 0.6) is 5.75 Å². The maximum Gasteiger partial charge on any atom is 0.269 e. The molecule has 0 fully saturated rings. The second-order valence-electron chi connectivity index (χ2n) is 4.44. The summed E-state index contributed by atoms with van der Waals surface area (Å²) in [6.07, 6.45) is 0. The van der Waals surface area contributed by atoms with Crippen molar-refractivity contribution in [3.8, 4) is 5.75 Å². The highest BCUT2D eigenvalue weighted by Crippen LogP contribution is 2.22. The van der Waals surface area contributed by atoms with Crippen LogP contribution in [-0.2, 0) is 0 Å². The second kappa shape index (κ2) is 6.04. The molecule has 0 radical (unpaired) electrons. The highest BCUT2D eigenvalue weighted by molar-refractivity contribution is 6.04. The topological polar surface area (TPSA) is 81.5 Å². The Kier molecular flexibility index (Phi) is 4.18. The van der Waals surface area contributed by atoms with Gasteiger partial charge in [0, 0.05) is 29.4 Å². The van der Waals surface area contributed by atoms with Crippen LogP contribution in [0.4, 0.5) is 11.4 Å². The summed E-state index contributed by atoms with van der Waals surface area (Å²) in [7, 11) is 1.55. The van der Waals surface area contributed by atoms with Crippen molar-refractivity contribution in [1.29, 1.82) is 0 Å². The first kappa shape index (κ1) is 14.5. The molecule has 1 N–H and O–H groups in total. The van der Waals surface area contributed by atoms with E-state index in [0.717, 1.165) is 5.56 Å². The van der Waals surface area contributed by atoms with E-state index in [2.05, 4.69) is 5.32 Å². The summed E-state index contributed by atoms with van der Waals surface area (Å²) in [6.45, 7) is 1.87. The van der Waals surface area contributed by atoms with Gasteiger partial charge in [-0.25, -0.2) is 0 Å². The molecule has 0 unspecified atom stereocenters. The summed E-state index contributed by atoms with van der Waals surface area (Å²) in [4.78, 5) is 22.2. The normalized spacial score (nSPS) is 10.0. The van der Waals surface area contributed by atoms with Gasteiger partial charge >= 0.3 is 0 Å². The van der Waals surface area contributed by atoms with Crippen molar-refractivity contribution in [2.45, 2.75) is 6.92 Å². The number of nitro benzene ring substituents is 1. The van der Waals surface area contributed by atoms with Crippen molar-refractivity contribution in [3.63, 3.8) is 0 Å². The van der Waals surface area contributed by atoms with Crippen LogP contribution in [-0.4, -0.2) is 17.9 Å². The molecule has 0 atom stereocenters. The lowest BCUT2D eigenvalue weighted by Crippen LogP contribution is -2.12. The van der Waals surface area contributed by atoms with Crippen molar-refractivity contribution >= 4 is 17.3 Å². The molecule has 2 aromatic carbocycles. The van der Waals surface area contributed by atoms with Gasteiger partial charge in [-0.3, -0.25) is 14.9 Å². The number of carbonyl (C=O) groups is 1. The summed E-state index contributed by atoms with van der Waals surface area (Å²) in [5.41, 5.74) is 1.83. The Morgan fingerprint density at radius 3 is 2.43 bits per heavy atom. The number of nitrogens with one attached hydrogen (secondary N) is 1. The van der Waals surface area contributed by atoms with Gasteiger partial charge in [-0.05, 0) is 30.7 Å². The number of anilines is 1. The summed E-state index contributed by atoms with van der Waals surface area (Å²) < 4.78 is 5.11. The zero-order valence-corrected chi connectivity index (χ0v) is 11.6. The van der Waals surface area contributed by atoms with E-state index in [0.29, 0.717) is 17.0 Å². The van der Waals surface area contributed by atoms with Crippen LogP contribution in [0.1, 0.15) is 15.9 Å². The van der Waals surface area contributed by atoms with E-state index >= 15 is 0 Å². The van der Waals surface area contributed by atoms with E-state index in [1.165, 1.54) is 24.3 Å². The standard InChI is InChI=1S/C15H14N2O4/c1-10-3-8-13(21-2)9-14(10)16-15(18)11-4-6-12(7-5-11)17(19)20/h3-9H,1-2H3,(H,16,18). The molecule has 2 rings (SSSR count). The molecule has 0 saturated carbocycles. The summed E-state index contributed by atoms with van der Waals surface area (Å²) >= 11 is 0. The number of aryl methyl sites for hydroxylation is 1. The third-order valence-corrected chi connectivity index (χ3v) is 3.03. The molecule has 1 amide bonds. The SMILES string of the molecule is COc1ccc(C)c(NC(=O)c2ccc([N+](=O)[O-])cc2)c1. The molecule has 6 nitrogen and oxygen atoms in total. The van der Waals surface area contributed by atoms with Crippen molar-refractivity contribution in [1.82, 2.24) is 0 Å². The van der Waals surface area contributed by atoms with Crippen molar-refractivity contribution in [2.24, 2.45) is 0 Å². The number of carbonyl (C=O) groups excluding carboxylic acids is 1. The molecule has 108 valence electrons. The number of hydrogen-bond acceptors (Lipinski definition) is 4. The lowest BCUT2D eigenvalue weighted by molar-refractivity contribution is -0.384. The first-order valence-electron chi connectivity index (χ1n) is 6.21. The van der Waals surface area contributed by atoms with Crippen LogP contribution >= 0.6 is 0 Å². The van der Waals surface area contributed by atoms with Gasteiger partial charge in [-0.2, -0.15) is 0 Å². The fraction of sp³-hybridized carbons (Fsp3) is 0.133. The predicted octanol–water partition coefficient (Wildman–Crippen LogP) is 3.16. The maximum absolute atomic E-state index is 12.1. The zero-order chi connectivity index (χ0) is 15.4. The van der Waals surface area contributed by atoms with Crippen LogP contribution in [0.25, 0.3) is 0 Å². The molecule has 0 aromatic heterocycles. The molecule has 21 heavy (non-hydrogen) atoms. The van der Waals surface area contributed by atoms with E-state index in [9.17, 15) is 14.9 Å². The number of methoxy groups -OCH3 is 1. The van der Waals surface area contributed by atoms with Crippen LogP contribution in [0, 0.1) is 17.0 Å². The van der Waals surface area contributed by atoms with Crippen molar-refractivity contribution in [2.75, 3.05) is 12.4 Å². The number of non-ortho nitro benzene ring substituents is 1. The Morgan fingerprint density at radius 2 is 1.86 bits per heavy atom. The average Bonchev–Trinajstić information content (AvgIpc) is 2.49. The van der Waals surface area contributed by atoms with Crippen molar-refractivity contribution in [3.05, 3.63) is 63.7 Å². The average molecular weight is 286 g/mol. The number of nitro groups is 1. The molecular formula is C15H14N2O4. The fourth-order valence-electron chi connectivity index (χ4n) is 1.79. The highest BCUT2D eigenvalue weighted by Gasteiger charge is 2.11. The number of rotatable bonds is 4. The number of ether oxygens (including phenoxy) is 1. The Balaban J connectivity index is 2.19. The number of benzene rings is 2. The van der Waals surface area contributed by atoms with Crippen LogP contribution in [0.3, 0.4) is 0 Å². The molecule has 0 aliphatic rings. The quantitative estimate of drug-likeness (QED) is 0.691. The summed E-state index contributed by atoms with van der Waals surface area (Å²) in [5.74, 6) is 0.306. The summed E-state index contributed by atoms with van der Waals surface area (Å²) in [6, 6.07) is 10.8. The third-order valence-electron chi connectivity index (χ3n) is 3.03.